The molecule has 9 rings (SSSR count). The monoisotopic (exact) mass is 1280 g/mol. The number of aryl methyl sites for hydroxylation is 6. The van der Waals surface area contributed by atoms with Crippen molar-refractivity contribution in [3.8, 4) is 33.6 Å². The predicted octanol–water partition coefficient (Wildman–Crippen LogP) is 19.0. The van der Waals surface area contributed by atoms with Gasteiger partial charge in [0.15, 0.2) is 12.4 Å². The van der Waals surface area contributed by atoms with E-state index in [9.17, 15) is 8.78 Å². The first-order valence-corrected chi connectivity index (χ1v) is 26.8. The van der Waals surface area contributed by atoms with Gasteiger partial charge >= 0.3 is 39.3 Å². The Morgan fingerprint density at radius 3 is 1.01 bits per heavy atom. The van der Waals surface area contributed by atoms with Gasteiger partial charge in [-0.3, -0.25) is 0 Å². The maximum Gasteiger partial charge on any atom is 2.00 e. The summed E-state index contributed by atoms with van der Waals surface area (Å²) in [7, 11) is 4.15. The second-order valence-electron chi connectivity index (χ2n) is 22.9. The average molecular weight is 1280 g/mol. The second kappa shape index (κ2) is 31.5. The molecule has 0 N–H and O–H groups in total. The van der Waals surface area contributed by atoms with Crippen LogP contribution in [0.4, 0.5) is 8.78 Å². The van der Waals surface area contributed by atoms with E-state index in [4.69, 9.17) is 0 Å². The van der Waals surface area contributed by atoms with Crippen molar-refractivity contribution in [3.63, 3.8) is 0 Å². The largest absolute Gasteiger partial charge is 2.00 e. The van der Waals surface area contributed by atoms with E-state index in [0.29, 0.717) is 0 Å². The maximum atomic E-state index is 13.5. The van der Waals surface area contributed by atoms with Gasteiger partial charge in [-0.2, -0.15) is 0 Å². The van der Waals surface area contributed by atoms with Gasteiger partial charge < -0.3 is 29.7 Å². The van der Waals surface area contributed by atoms with E-state index >= 15 is 0 Å². The molecular weight excluding hydrogens is 1170 g/mol. The number of hydrogen-bond acceptors (Lipinski definition) is 0. The molecule has 4 fully saturated rings. The van der Waals surface area contributed by atoms with E-state index in [0.717, 1.165) is 105 Å². The van der Waals surface area contributed by atoms with Crippen LogP contribution in [0.2, 0.25) is 0 Å². The summed E-state index contributed by atoms with van der Waals surface area (Å²) >= 11 is 0. The Labute approximate surface area is 481 Å². The summed E-state index contributed by atoms with van der Waals surface area (Å²) < 4.78 is 31.0. The zero-order valence-electron chi connectivity index (χ0n) is 50.0. The third-order valence-electron chi connectivity index (χ3n) is 19.0. The van der Waals surface area contributed by atoms with E-state index in [-0.39, 0.29) is 80.6 Å². The summed E-state index contributed by atoms with van der Waals surface area (Å²) in [6, 6.07) is 23.6. The molecule has 412 valence electrons. The molecule has 2 heterocycles. The Balaban J connectivity index is 0.00000102. The Morgan fingerprint density at radius 2 is 0.703 bits per heavy atom. The van der Waals surface area contributed by atoms with Crippen LogP contribution in [-0.2, 0) is 53.4 Å². The van der Waals surface area contributed by atoms with Crippen LogP contribution < -0.4 is 9.13 Å². The molecule has 0 aliphatic heterocycles. The number of pyridine rings is 2. The standard InChI is InChI=1S/C26H29FN.C18H21FN.2C10H20.4CH3.Os.Ru/c1-17-15-23(27)10-11-24(17)25-12-9-21(16-28(25)4)26-18(2)13-22(14-19(26)3)20-7-5-6-8-20;1-13-11-16(19)8-9-17(13)18-10-7-15(12-20(18)2)14-5-3-4-6-14;2*1-6-7(2)9(4)10(5)8(6)3;;;;;;/h9-16,20H,5-8H2,1-4H3;7-12,14H,3-6H2,1-2H3;2*6-10H,1-5H3;4*1H3;;/q2*+1;;;4*-1;2*+2. The van der Waals surface area contributed by atoms with Crippen LogP contribution in [-0.4, -0.2) is 0 Å². The molecule has 0 spiro atoms. The van der Waals surface area contributed by atoms with Crippen molar-refractivity contribution in [3.05, 3.63) is 160 Å². The number of nitrogens with zero attached hydrogens (tertiary/aromatic N) is 2. The number of hydrogen-bond donors (Lipinski definition) is 0. The van der Waals surface area contributed by atoms with Gasteiger partial charge in [0, 0.05) is 34.4 Å². The third kappa shape index (κ3) is 16.6. The number of aromatic nitrogens is 2. The number of halogens is 2. The van der Waals surface area contributed by atoms with Gasteiger partial charge in [-0.05, 0) is 206 Å². The van der Waals surface area contributed by atoms with E-state index in [1.54, 1.807) is 12.1 Å². The van der Waals surface area contributed by atoms with Crippen LogP contribution in [0.3, 0.4) is 0 Å². The van der Waals surface area contributed by atoms with Gasteiger partial charge in [0.1, 0.15) is 25.7 Å². The summed E-state index contributed by atoms with van der Waals surface area (Å²) in [6.45, 7) is 32.4. The number of rotatable bonds is 5. The van der Waals surface area contributed by atoms with Crippen LogP contribution in [0.25, 0.3) is 33.6 Å². The molecule has 6 heteroatoms. The topological polar surface area (TPSA) is 7.76 Å². The van der Waals surface area contributed by atoms with Gasteiger partial charge in [-0.1, -0.05) is 107 Å². The van der Waals surface area contributed by atoms with Crippen LogP contribution in [0.1, 0.15) is 166 Å². The van der Waals surface area contributed by atoms with Gasteiger partial charge in [0.25, 0.3) is 0 Å². The van der Waals surface area contributed by atoms with Gasteiger partial charge in [-0.15, -0.1) is 0 Å². The fourth-order valence-electron chi connectivity index (χ4n) is 13.0. The Bertz CT molecular complexity index is 2330. The van der Waals surface area contributed by atoms with Gasteiger partial charge in [-0.25, -0.2) is 17.9 Å². The maximum absolute atomic E-state index is 13.5. The van der Waals surface area contributed by atoms with Crippen LogP contribution in [0, 0.1) is 128 Å². The normalized spacial score (nSPS) is 24.8. The molecule has 0 atom stereocenters. The molecule has 4 aliphatic rings. The van der Waals surface area contributed by atoms with Gasteiger partial charge in [0.05, 0.1) is 0 Å². The zero-order chi connectivity index (χ0) is 49.7. The van der Waals surface area contributed by atoms with Crippen molar-refractivity contribution in [1.29, 1.82) is 0 Å². The Morgan fingerprint density at radius 1 is 0.392 bits per heavy atom. The van der Waals surface area contributed by atoms with Crippen molar-refractivity contribution in [2.24, 2.45) is 73.3 Å². The molecule has 2 aromatic heterocycles. The molecule has 74 heavy (non-hydrogen) atoms. The fourth-order valence-corrected chi connectivity index (χ4v) is 13.0. The van der Waals surface area contributed by atoms with E-state index in [1.165, 1.54) is 96.9 Å². The summed E-state index contributed by atoms with van der Waals surface area (Å²) in [5.74, 6) is 10.5. The SMILES string of the molecule is CC1C(C)C(C)C(C)C1C.CC1C(C)C(C)C(C)C1C.Cc1cc(F)ccc1-c1ccc(-c2c(C)cc(C3CCCC3)cc2C)c[n+]1C.Cc1cc(F)ccc1-c1ccc(C2CCCC2)c[n+]1C.[CH3-].[CH3-].[CH3-].[CH3-].[Os+2].[Ru+2]. The average Bonchev–Trinajstić information content (AvgIpc) is 4.11. The second-order valence-corrected chi connectivity index (χ2v) is 22.9. The van der Waals surface area contributed by atoms with E-state index in [1.807, 2.05) is 26.0 Å². The molecular formula is C68H102F2N2OsRu+2. The molecule has 2 nitrogen and oxygen atoms in total. The molecule has 0 unspecified atom stereocenters. The van der Waals surface area contributed by atoms with Crippen LogP contribution >= 0.6 is 0 Å². The molecule has 0 bridgehead atoms. The zero-order valence-corrected chi connectivity index (χ0v) is 54.3. The molecule has 0 radical (unpaired) electrons. The minimum absolute atomic E-state index is 0. The minimum Gasteiger partial charge on any atom is -0.358 e. The van der Waals surface area contributed by atoms with Crippen LogP contribution in [0.15, 0.2) is 85.2 Å². The summed E-state index contributed by atoms with van der Waals surface area (Å²) in [6.07, 6.45) is 15.2. The van der Waals surface area contributed by atoms with Crippen molar-refractivity contribution in [2.45, 2.75) is 160 Å². The summed E-state index contributed by atoms with van der Waals surface area (Å²) in [5, 5.41) is 0. The fraction of sp³-hybridized carbons (Fsp3) is 0.529. The first-order valence-electron chi connectivity index (χ1n) is 26.8. The molecule has 0 saturated heterocycles. The van der Waals surface area contributed by atoms with E-state index < -0.39 is 0 Å². The first kappa shape index (κ1) is 71.1. The third-order valence-corrected chi connectivity index (χ3v) is 19.0. The van der Waals surface area contributed by atoms with Crippen molar-refractivity contribution < 1.29 is 57.2 Å². The molecule has 0 amide bonds. The smallest absolute Gasteiger partial charge is 0.358 e. The quantitative estimate of drug-likeness (QED) is 0.0941. The predicted molar refractivity (Wildman–Crippen MR) is 310 cm³/mol. The van der Waals surface area contributed by atoms with Gasteiger partial charge in [0.2, 0.25) is 11.4 Å². The molecule has 3 aromatic carbocycles. The van der Waals surface area contributed by atoms with Crippen molar-refractivity contribution >= 4 is 0 Å². The Hall–Kier alpha value is -2.92. The Kier molecular flexibility index (Phi) is 30.2. The molecule has 5 aromatic rings. The summed E-state index contributed by atoms with van der Waals surface area (Å²) in [4.78, 5) is 0. The summed E-state index contributed by atoms with van der Waals surface area (Å²) in [5.41, 5.74) is 14.6. The van der Waals surface area contributed by atoms with E-state index in [2.05, 4.69) is 155 Å². The minimum atomic E-state index is -0.186. The molecule has 4 saturated carbocycles. The first-order chi connectivity index (χ1) is 32.2. The molecule has 4 aliphatic carbocycles. The van der Waals surface area contributed by atoms with Crippen molar-refractivity contribution in [2.75, 3.05) is 0 Å². The van der Waals surface area contributed by atoms with Crippen LogP contribution in [0.5, 0.6) is 0 Å². The van der Waals surface area contributed by atoms with Crippen molar-refractivity contribution in [1.82, 2.24) is 0 Å². The number of benzene rings is 3.